The van der Waals surface area contributed by atoms with E-state index in [1.54, 1.807) is 0 Å². The maximum Gasteiger partial charge on any atom is 0.225 e. The summed E-state index contributed by atoms with van der Waals surface area (Å²) < 4.78 is 5.91. The molecular weight excluding hydrogens is 356 g/mol. The summed E-state index contributed by atoms with van der Waals surface area (Å²) >= 11 is 0. The number of hydrogen-bond donors (Lipinski definition) is 2. The number of ether oxygens (including phenoxy) is 1. The van der Waals surface area contributed by atoms with Crippen LogP contribution in [0.15, 0.2) is 36.4 Å². The lowest BCUT2D eigenvalue weighted by Gasteiger charge is -2.35. The van der Waals surface area contributed by atoms with Crippen LogP contribution in [0.4, 0.5) is 0 Å². The first-order valence-electron chi connectivity index (χ1n) is 10.2. The van der Waals surface area contributed by atoms with Gasteiger partial charge in [0, 0.05) is 19.0 Å². The first-order valence-corrected chi connectivity index (χ1v) is 10.2. The summed E-state index contributed by atoms with van der Waals surface area (Å²) in [6.45, 7) is 1.16. The number of amides is 2. The van der Waals surface area contributed by atoms with Crippen LogP contribution in [0.25, 0.3) is 0 Å². The topological polar surface area (TPSA) is 78.9 Å². The van der Waals surface area contributed by atoms with Crippen molar-refractivity contribution in [2.75, 3.05) is 13.2 Å². The van der Waals surface area contributed by atoms with Crippen molar-refractivity contribution in [3.8, 4) is 0 Å². The normalized spacial score (nSPS) is 27.0. The number of hydrogen-bond acceptors (Lipinski definition) is 4. The summed E-state index contributed by atoms with van der Waals surface area (Å²) in [6.07, 6.45) is 6.90. The van der Waals surface area contributed by atoms with Crippen molar-refractivity contribution < 1.29 is 19.4 Å². The molecule has 0 saturated heterocycles. The number of nitrogens with one attached hydrogen (secondary N) is 1. The van der Waals surface area contributed by atoms with E-state index < -0.39 is 6.10 Å². The van der Waals surface area contributed by atoms with Crippen LogP contribution in [-0.4, -0.2) is 53.2 Å². The van der Waals surface area contributed by atoms with Gasteiger partial charge in [-0.2, -0.15) is 0 Å². The zero-order valence-electron chi connectivity index (χ0n) is 16.0. The number of nitrogens with zero attached hydrogens (tertiary/aromatic N) is 1. The molecular formula is C22H28N2O4. The van der Waals surface area contributed by atoms with E-state index in [4.69, 9.17) is 4.74 Å². The molecule has 0 bridgehead atoms. The maximum atomic E-state index is 12.7. The van der Waals surface area contributed by atoms with Crippen molar-refractivity contribution in [3.05, 3.63) is 47.5 Å². The highest BCUT2D eigenvalue weighted by Crippen LogP contribution is 2.27. The predicted octanol–water partition coefficient (Wildman–Crippen LogP) is 1.56. The van der Waals surface area contributed by atoms with E-state index in [1.807, 2.05) is 29.2 Å². The molecule has 1 aromatic carbocycles. The standard InChI is InChI=1S/C22H28N2O4/c25-14-20-19(23-22(27)16-6-3-7-16)9-8-18(28-20)12-21(26)24-11-10-15-4-1-2-5-17(15)13-24/h1-2,4-5,8-9,16,18-20,25H,3,6-7,10-14H2,(H,23,27)/t18-,19-,20-/m0/s1. The van der Waals surface area contributed by atoms with Gasteiger partial charge in [-0.15, -0.1) is 0 Å². The number of benzene rings is 1. The van der Waals surface area contributed by atoms with E-state index in [1.165, 1.54) is 11.1 Å². The molecule has 2 amide bonds. The molecule has 1 fully saturated rings. The number of fused-ring (bicyclic) bond motifs is 1. The minimum absolute atomic E-state index is 0.0319. The van der Waals surface area contributed by atoms with Crippen LogP contribution < -0.4 is 5.32 Å². The summed E-state index contributed by atoms with van der Waals surface area (Å²) in [5.41, 5.74) is 2.51. The Morgan fingerprint density at radius 1 is 1.18 bits per heavy atom. The molecule has 0 unspecified atom stereocenters. The summed E-state index contributed by atoms with van der Waals surface area (Å²) in [7, 11) is 0. The van der Waals surface area contributed by atoms with Gasteiger partial charge in [0.25, 0.3) is 0 Å². The van der Waals surface area contributed by atoms with Crippen LogP contribution in [-0.2, 0) is 27.3 Å². The lowest BCUT2D eigenvalue weighted by Crippen LogP contribution is -2.51. The zero-order chi connectivity index (χ0) is 19.5. The van der Waals surface area contributed by atoms with E-state index in [9.17, 15) is 14.7 Å². The number of aliphatic hydroxyl groups is 1. The summed E-state index contributed by atoms with van der Waals surface area (Å²) in [6, 6.07) is 7.89. The largest absolute Gasteiger partial charge is 0.394 e. The number of carbonyl (C=O) groups excluding carboxylic acids is 2. The van der Waals surface area contributed by atoms with Gasteiger partial charge in [0.1, 0.15) is 6.10 Å². The van der Waals surface area contributed by atoms with E-state index in [-0.39, 0.29) is 42.9 Å². The third-order valence-corrected chi connectivity index (χ3v) is 6.11. The van der Waals surface area contributed by atoms with E-state index in [0.717, 1.165) is 32.2 Å². The average Bonchev–Trinajstić information content (AvgIpc) is 2.67. The Morgan fingerprint density at radius 2 is 1.96 bits per heavy atom. The molecule has 3 atom stereocenters. The Labute approximate surface area is 165 Å². The molecule has 4 rings (SSSR count). The molecule has 2 N–H and O–H groups in total. The van der Waals surface area contributed by atoms with Crippen LogP contribution in [0, 0.1) is 5.92 Å². The van der Waals surface area contributed by atoms with Gasteiger partial charge >= 0.3 is 0 Å². The van der Waals surface area contributed by atoms with E-state index in [2.05, 4.69) is 17.4 Å². The number of carbonyl (C=O) groups is 2. The second-order valence-electron chi connectivity index (χ2n) is 7.98. The fourth-order valence-electron chi connectivity index (χ4n) is 4.10. The van der Waals surface area contributed by atoms with Gasteiger partial charge < -0.3 is 20.1 Å². The van der Waals surface area contributed by atoms with E-state index >= 15 is 0 Å². The molecule has 150 valence electrons. The molecule has 0 radical (unpaired) electrons. The molecule has 1 saturated carbocycles. The molecule has 0 spiro atoms. The van der Waals surface area contributed by atoms with Crippen LogP contribution in [0.3, 0.4) is 0 Å². The Balaban J connectivity index is 1.33. The fourth-order valence-corrected chi connectivity index (χ4v) is 4.10. The lowest BCUT2D eigenvalue weighted by molar-refractivity contribution is -0.138. The van der Waals surface area contributed by atoms with Gasteiger partial charge in [-0.3, -0.25) is 9.59 Å². The summed E-state index contributed by atoms with van der Waals surface area (Å²) in [5.74, 6) is 0.177. The van der Waals surface area contributed by atoms with Crippen LogP contribution in [0.2, 0.25) is 0 Å². The van der Waals surface area contributed by atoms with Crippen LogP contribution in [0.1, 0.15) is 36.8 Å². The van der Waals surface area contributed by atoms with Crippen molar-refractivity contribution in [2.45, 2.75) is 56.9 Å². The average molecular weight is 384 g/mol. The highest BCUT2D eigenvalue weighted by molar-refractivity contribution is 5.80. The van der Waals surface area contributed by atoms with Crippen LogP contribution >= 0.6 is 0 Å². The van der Waals surface area contributed by atoms with Crippen LogP contribution in [0.5, 0.6) is 0 Å². The zero-order valence-corrected chi connectivity index (χ0v) is 16.0. The first-order chi connectivity index (χ1) is 13.6. The van der Waals surface area contributed by atoms with Gasteiger partial charge in [0.15, 0.2) is 0 Å². The number of rotatable bonds is 5. The SMILES string of the molecule is O=C(N[C@H]1C=C[C@@H](CC(=O)N2CCc3ccccc3C2)O[C@H]1CO)C1CCC1. The molecule has 0 aromatic heterocycles. The molecule has 2 aliphatic heterocycles. The van der Waals surface area contributed by atoms with Crippen molar-refractivity contribution in [1.29, 1.82) is 0 Å². The maximum absolute atomic E-state index is 12.7. The molecule has 6 heteroatoms. The predicted molar refractivity (Wildman–Crippen MR) is 104 cm³/mol. The Morgan fingerprint density at radius 3 is 2.68 bits per heavy atom. The molecule has 2 heterocycles. The third-order valence-electron chi connectivity index (χ3n) is 6.11. The monoisotopic (exact) mass is 384 g/mol. The molecule has 28 heavy (non-hydrogen) atoms. The van der Waals surface area contributed by atoms with E-state index in [0.29, 0.717) is 6.54 Å². The van der Waals surface area contributed by atoms with Gasteiger partial charge in [0.05, 0.1) is 25.2 Å². The second-order valence-corrected chi connectivity index (χ2v) is 7.98. The van der Waals surface area contributed by atoms with Crippen molar-refractivity contribution in [2.24, 2.45) is 5.92 Å². The highest BCUT2D eigenvalue weighted by Gasteiger charge is 2.33. The summed E-state index contributed by atoms with van der Waals surface area (Å²) in [4.78, 5) is 26.8. The Kier molecular flexibility index (Phi) is 5.78. The summed E-state index contributed by atoms with van der Waals surface area (Å²) in [5, 5.41) is 12.7. The minimum atomic E-state index is -0.520. The van der Waals surface area contributed by atoms with Gasteiger partial charge in [-0.05, 0) is 30.4 Å². The smallest absolute Gasteiger partial charge is 0.225 e. The Bertz CT molecular complexity index is 759. The quantitative estimate of drug-likeness (QED) is 0.756. The Hall–Kier alpha value is -2.18. The molecule has 6 nitrogen and oxygen atoms in total. The molecule has 3 aliphatic rings. The third kappa shape index (κ3) is 4.13. The van der Waals surface area contributed by atoms with Crippen molar-refractivity contribution >= 4 is 11.8 Å². The van der Waals surface area contributed by atoms with Gasteiger partial charge in [-0.25, -0.2) is 0 Å². The highest BCUT2D eigenvalue weighted by atomic mass is 16.5. The lowest BCUT2D eigenvalue weighted by atomic mass is 9.84. The van der Waals surface area contributed by atoms with Crippen molar-refractivity contribution in [3.63, 3.8) is 0 Å². The number of aliphatic hydroxyl groups excluding tert-OH is 1. The first kappa shape index (κ1) is 19.2. The second kappa shape index (κ2) is 8.45. The van der Waals surface area contributed by atoms with Gasteiger partial charge in [0.2, 0.25) is 11.8 Å². The molecule has 1 aromatic rings. The van der Waals surface area contributed by atoms with Crippen molar-refractivity contribution in [1.82, 2.24) is 10.2 Å². The minimum Gasteiger partial charge on any atom is -0.394 e. The fraction of sp³-hybridized carbons (Fsp3) is 0.545. The molecule has 1 aliphatic carbocycles. The van der Waals surface area contributed by atoms with Gasteiger partial charge in [-0.1, -0.05) is 42.8 Å².